The van der Waals surface area contributed by atoms with Crippen LogP contribution >= 0.6 is 0 Å². The van der Waals surface area contributed by atoms with Gasteiger partial charge in [0.15, 0.2) is 13.7 Å². The summed E-state index contributed by atoms with van der Waals surface area (Å²) in [6, 6.07) is 0. The van der Waals surface area contributed by atoms with Crippen LogP contribution in [0.15, 0.2) is 0 Å². The molecule has 0 aliphatic heterocycles. The summed E-state index contributed by atoms with van der Waals surface area (Å²) >= 11 is 0. The molecule has 0 atom stereocenters. The van der Waals surface area contributed by atoms with E-state index in [9.17, 15) is 0 Å². The Kier molecular flexibility index (Phi) is 9.44. The highest BCUT2D eigenvalue weighted by atomic mass is 30.2. The van der Waals surface area contributed by atoms with Gasteiger partial charge in [-0.1, -0.05) is 91.7 Å². The maximum absolute atomic E-state index is 7.53. The predicted octanol–water partition coefficient (Wildman–Crippen LogP) is 7.26. The highest BCUT2D eigenvalue weighted by Crippen LogP contribution is 2.48. The molecule has 0 saturated heterocycles. The molecule has 0 aliphatic rings. The van der Waals surface area contributed by atoms with Gasteiger partial charge in [0.05, 0.1) is 37.5 Å². The van der Waals surface area contributed by atoms with Crippen molar-refractivity contribution in [1.82, 2.24) is 0 Å². The summed E-state index contributed by atoms with van der Waals surface area (Å²) in [4.78, 5) is 0. The molecule has 0 aromatic carbocycles. The van der Waals surface area contributed by atoms with E-state index in [-0.39, 0.29) is 0 Å². The summed E-state index contributed by atoms with van der Waals surface area (Å²) < 4.78 is 15.1. The molecule has 0 spiro atoms. The van der Waals surface area contributed by atoms with Crippen molar-refractivity contribution in [3.63, 3.8) is 0 Å². The zero-order chi connectivity index (χ0) is 24.1. The Morgan fingerprint density at radius 3 is 0.655 bits per heavy atom. The molecule has 0 aromatic rings. The summed E-state index contributed by atoms with van der Waals surface area (Å²) in [5, 5.41) is 0. The predicted molar refractivity (Wildman–Crippen MR) is 155 cm³/mol. The first kappa shape index (κ1) is 30.4. The summed E-state index contributed by atoms with van der Waals surface area (Å²) in [5.74, 6) is 0. The van der Waals surface area contributed by atoms with E-state index >= 15 is 0 Å². The van der Waals surface area contributed by atoms with Gasteiger partial charge in [0.25, 0.3) is 0 Å². The van der Waals surface area contributed by atoms with Crippen LogP contribution in [-0.4, -0.2) is 63.4 Å². The zero-order valence-electron chi connectivity index (χ0n) is 23.5. The van der Waals surface area contributed by atoms with Gasteiger partial charge < -0.3 is 8.85 Å². The van der Waals surface area contributed by atoms with Gasteiger partial charge in [0.1, 0.15) is 0 Å². The highest BCUT2D eigenvalue weighted by Gasteiger charge is 2.78. The molecule has 2 nitrogen and oxygen atoms in total. The molecule has 9 heteroatoms. The number of rotatable bonds is 10. The normalized spacial score (nSPS) is 16.1. The van der Waals surface area contributed by atoms with Crippen molar-refractivity contribution in [3.8, 4) is 0 Å². The number of hydrogen-bond donors (Lipinski definition) is 0. The van der Waals surface area contributed by atoms with E-state index in [4.69, 9.17) is 8.85 Å². The molecule has 0 unspecified atom stereocenters. The van der Waals surface area contributed by atoms with Gasteiger partial charge in [-0.3, -0.25) is 0 Å². The molecule has 0 heterocycles. The second kappa shape index (κ2) is 9.00. The Morgan fingerprint density at radius 1 is 0.379 bits per heavy atom. The highest BCUT2D eigenvalue weighted by molar-refractivity contribution is 8.08. The van der Waals surface area contributed by atoms with Gasteiger partial charge in [-0.15, -0.1) is 0 Å². The topological polar surface area (TPSA) is 18.5 Å². The molecule has 0 radical (unpaired) electrons. The first-order valence-electron chi connectivity index (χ1n) is 11.7. The molecule has 0 aliphatic carbocycles. The van der Waals surface area contributed by atoms with E-state index < -0.39 is 51.2 Å². The van der Waals surface area contributed by atoms with Crippen LogP contribution in [0.2, 0.25) is 91.7 Å². The van der Waals surface area contributed by atoms with E-state index in [1.165, 1.54) is 0 Å². The maximum Gasteiger partial charge on any atom is 0.158 e. The van der Waals surface area contributed by atoms with Crippen molar-refractivity contribution in [2.75, 3.05) is 0 Å². The number of hydrogen-bond acceptors (Lipinski definition) is 2. The van der Waals surface area contributed by atoms with Crippen LogP contribution in [0.3, 0.4) is 0 Å². The van der Waals surface area contributed by atoms with Crippen LogP contribution in [-0.2, 0) is 8.85 Å². The van der Waals surface area contributed by atoms with E-state index in [0.29, 0.717) is 12.2 Å². The van der Waals surface area contributed by atoms with Crippen molar-refractivity contribution in [2.24, 2.45) is 0 Å². The van der Waals surface area contributed by atoms with Crippen LogP contribution in [0.1, 0.15) is 27.7 Å². The average molecular weight is 525 g/mol. The van der Waals surface area contributed by atoms with Crippen LogP contribution < -0.4 is 0 Å². The van der Waals surface area contributed by atoms with Gasteiger partial charge in [-0.25, -0.2) is 0 Å². The first-order chi connectivity index (χ1) is 12.3. The molecule has 0 amide bonds. The third kappa shape index (κ3) is 5.18. The summed E-state index contributed by atoms with van der Waals surface area (Å²) in [7, 11) is -8.05. The standard InChI is InChI=1S/C20H56O2Si7/c1-19(2)21-28(23(5,6)7,24(8,9)10)27(17,18)29(22-20(3)4,25(11,12)13)26(14,15)16/h19-20H,1-18H3. The van der Waals surface area contributed by atoms with E-state index in [1.54, 1.807) is 0 Å². The molecule has 0 fully saturated rings. The minimum Gasteiger partial charge on any atom is -0.424 e. The van der Waals surface area contributed by atoms with Gasteiger partial charge in [0.2, 0.25) is 0 Å². The quantitative estimate of drug-likeness (QED) is 0.280. The minimum atomic E-state index is -1.99. The Labute approximate surface area is 191 Å². The molecule has 0 aromatic heterocycles. The lowest BCUT2D eigenvalue weighted by molar-refractivity contribution is 0.245. The van der Waals surface area contributed by atoms with Gasteiger partial charge in [0, 0.05) is 12.2 Å². The molecule has 0 N–H and O–H groups in total. The van der Waals surface area contributed by atoms with Crippen LogP contribution in [0.4, 0.5) is 0 Å². The molecule has 0 bridgehead atoms. The fourth-order valence-electron chi connectivity index (χ4n) is 7.96. The van der Waals surface area contributed by atoms with Crippen molar-refractivity contribution < 1.29 is 8.85 Å². The Hall–Kier alpha value is 1.44. The molecule has 0 rings (SSSR count). The van der Waals surface area contributed by atoms with E-state index in [2.05, 4.69) is 119 Å². The average Bonchev–Trinajstić information content (AvgIpc) is 2.35. The summed E-state index contributed by atoms with van der Waals surface area (Å²) in [5.41, 5.74) is 0. The lowest BCUT2D eigenvalue weighted by Gasteiger charge is -2.67. The van der Waals surface area contributed by atoms with Gasteiger partial charge >= 0.3 is 0 Å². The molecular weight excluding hydrogens is 469 g/mol. The lowest BCUT2D eigenvalue weighted by atomic mass is 10.5. The summed E-state index contributed by atoms with van der Waals surface area (Å²) in [6.45, 7) is 42.8. The first-order valence-corrected chi connectivity index (χ1v) is 38.5. The zero-order valence-corrected chi connectivity index (χ0v) is 30.5. The fourth-order valence-corrected chi connectivity index (χ4v) is 258. The van der Waals surface area contributed by atoms with Gasteiger partial charge in [-0.2, -0.15) is 0 Å². The maximum atomic E-state index is 7.53. The SMILES string of the molecule is CC(C)O[Si]([Si](C)(C)C)([Si](C)(C)C)[Si](C)(C)[Si](OC(C)C)([Si](C)(C)C)[Si](C)(C)C. The lowest BCUT2D eigenvalue weighted by Crippen LogP contribution is -2.99. The second-order valence-electron chi connectivity index (χ2n) is 14.3. The molecule has 0 saturated carbocycles. The molecular formula is C20H56O2Si7. The van der Waals surface area contributed by atoms with E-state index in [1.807, 2.05) is 0 Å². The van der Waals surface area contributed by atoms with Crippen LogP contribution in [0.5, 0.6) is 0 Å². The van der Waals surface area contributed by atoms with Crippen LogP contribution in [0.25, 0.3) is 0 Å². The van der Waals surface area contributed by atoms with Crippen molar-refractivity contribution >= 4 is 51.2 Å². The minimum absolute atomic E-state index is 0.334. The van der Waals surface area contributed by atoms with Crippen molar-refractivity contribution in [3.05, 3.63) is 0 Å². The summed E-state index contributed by atoms with van der Waals surface area (Å²) in [6.07, 6.45) is 0.668. The molecule has 29 heavy (non-hydrogen) atoms. The fraction of sp³-hybridized carbons (Fsp3) is 1.00. The largest absolute Gasteiger partial charge is 0.424 e. The van der Waals surface area contributed by atoms with E-state index in [0.717, 1.165) is 0 Å². The second-order valence-corrected chi connectivity index (χ2v) is 87.4. The van der Waals surface area contributed by atoms with Crippen LogP contribution in [0, 0.1) is 0 Å². The third-order valence-corrected chi connectivity index (χ3v) is 150. The van der Waals surface area contributed by atoms with Crippen molar-refractivity contribution in [2.45, 2.75) is 132 Å². The monoisotopic (exact) mass is 524 g/mol. The third-order valence-electron chi connectivity index (χ3n) is 6.81. The Morgan fingerprint density at radius 2 is 0.552 bits per heavy atom. The van der Waals surface area contributed by atoms with Gasteiger partial charge in [-0.05, 0) is 27.7 Å². The Bertz CT molecular complexity index is 471. The van der Waals surface area contributed by atoms with Crippen molar-refractivity contribution in [1.29, 1.82) is 0 Å². The smallest absolute Gasteiger partial charge is 0.158 e. The Balaban J connectivity index is 7.71. The molecule has 176 valence electrons.